The highest BCUT2D eigenvalue weighted by atomic mass is 16.3. The van der Waals surface area contributed by atoms with Crippen molar-refractivity contribution in [2.45, 2.75) is 34.1 Å². The second kappa shape index (κ2) is 3.58. The second-order valence-electron chi connectivity index (χ2n) is 5.99. The van der Waals surface area contributed by atoms with Gasteiger partial charge in [-0.05, 0) is 18.4 Å². The smallest absolute Gasteiger partial charge is 0.0497 e. The molecule has 0 aromatic carbocycles. The van der Waals surface area contributed by atoms with Gasteiger partial charge in [-0.2, -0.15) is 0 Å². The fourth-order valence-corrected chi connectivity index (χ4v) is 2.06. The van der Waals surface area contributed by atoms with Crippen LogP contribution >= 0.6 is 0 Å². The molecule has 1 atom stereocenters. The molecule has 78 valence electrons. The molecule has 1 rings (SSSR count). The molecule has 1 aliphatic heterocycles. The Morgan fingerprint density at radius 3 is 2.38 bits per heavy atom. The number of rotatable bonds is 2. The standard InChI is InChI=1S/C11H23NO/c1-10(2,3)7-12-6-5-11(4,8-12)9-13/h13H,5-9H2,1-4H3. The summed E-state index contributed by atoms with van der Waals surface area (Å²) in [4.78, 5) is 2.47. The van der Waals surface area contributed by atoms with Crippen LogP contribution in [0.4, 0.5) is 0 Å². The van der Waals surface area contributed by atoms with Gasteiger partial charge in [-0.15, -0.1) is 0 Å². The maximum atomic E-state index is 9.21. The molecule has 1 aliphatic rings. The van der Waals surface area contributed by atoms with Crippen LogP contribution in [-0.2, 0) is 0 Å². The van der Waals surface area contributed by atoms with E-state index >= 15 is 0 Å². The summed E-state index contributed by atoms with van der Waals surface area (Å²) in [6.45, 7) is 12.6. The Hall–Kier alpha value is -0.0800. The Balaban J connectivity index is 2.42. The van der Waals surface area contributed by atoms with Gasteiger partial charge >= 0.3 is 0 Å². The van der Waals surface area contributed by atoms with Gasteiger partial charge in [-0.1, -0.05) is 27.7 Å². The van der Waals surface area contributed by atoms with Crippen molar-refractivity contribution >= 4 is 0 Å². The predicted molar refractivity (Wildman–Crippen MR) is 55.7 cm³/mol. The Labute approximate surface area is 81.9 Å². The van der Waals surface area contributed by atoms with E-state index in [1.165, 1.54) is 0 Å². The van der Waals surface area contributed by atoms with Crippen molar-refractivity contribution in [2.24, 2.45) is 10.8 Å². The zero-order chi connectivity index (χ0) is 10.1. The van der Waals surface area contributed by atoms with Crippen LogP contribution in [0.25, 0.3) is 0 Å². The summed E-state index contributed by atoms with van der Waals surface area (Å²) in [6, 6.07) is 0. The molecule has 0 bridgehead atoms. The largest absolute Gasteiger partial charge is 0.396 e. The normalized spacial score (nSPS) is 31.2. The van der Waals surface area contributed by atoms with Crippen molar-refractivity contribution in [2.75, 3.05) is 26.2 Å². The predicted octanol–water partition coefficient (Wildman–Crippen LogP) is 1.74. The second-order valence-corrected chi connectivity index (χ2v) is 5.99. The molecule has 2 nitrogen and oxygen atoms in total. The van der Waals surface area contributed by atoms with Crippen molar-refractivity contribution in [3.63, 3.8) is 0 Å². The van der Waals surface area contributed by atoms with Gasteiger partial charge in [0, 0.05) is 25.1 Å². The summed E-state index contributed by atoms with van der Waals surface area (Å²) in [5.74, 6) is 0. The van der Waals surface area contributed by atoms with Crippen LogP contribution in [0.1, 0.15) is 34.1 Å². The number of likely N-dealkylation sites (tertiary alicyclic amines) is 1. The fourth-order valence-electron chi connectivity index (χ4n) is 2.06. The third-order valence-corrected chi connectivity index (χ3v) is 2.72. The molecule has 2 heteroatoms. The lowest BCUT2D eigenvalue weighted by molar-refractivity contribution is 0.135. The summed E-state index contributed by atoms with van der Waals surface area (Å²) in [6.07, 6.45) is 1.14. The van der Waals surface area contributed by atoms with Gasteiger partial charge in [-0.25, -0.2) is 0 Å². The molecule has 0 amide bonds. The Kier molecular flexibility index (Phi) is 3.03. The van der Waals surface area contributed by atoms with Crippen LogP contribution < -0.4 is 0 Å². The molecule has 1 N–H and O–H groups in total. The first-order chi connectivity index (χ1) is 5.85. The monoisotopic (exact) mass is 185 g/mol. The van der Waals surface area contributed by atoms with Gasteiger partial charge < -0.3 is 10.0 Å². The first-order valence-corrected chi connectivity index (χ1v) is 5.18. The van der Waals surface area contributed by atoms with E-state index in [2.05, 4.69) is 32.6 Å². The van der Waals surface area contributed by atoms with Gasteiger partial charge in [0.2, 0.25) is 0 Å². The van der Waals surface area contributed by atoms with E-state index in [0.29, 0.717) is 12.0 Å². The van der Waals surface area contributed by atoms with Crippen molar-refractivity contribution in [3.05, 3.63) is 0 Å². The molecule has 0 radical (unpaired) electrons. The molecule has 13 heavy (non-hydrogen) atoms. The Morgan fingerprint density at radius 1 is 1.38 bits per heavy atom. The molecule has 0 aliphatic carbocycles. The van der Waals surface area contributed by atoms with Crippen LogP contribution in [-0.4, -0.2) is 36.2 Å². The summed E-state index contributed by atoms with van der Waals surface area (Å²) >= 11 is 0. The molecule has 1 fully saturated rings. The Bertz CT molecular complexity index is 173. The highest BCUT2D eigenvalue weighted by Crippen LogP contribution is 2.31. The van der Waals surface area contributed by atoms with Crippen LogP contribution in [0.2, 0.25) is 0 Å². The molecule has 1 heterocycles. The maximum Gasteiger partial charge on any atom is 0.0497 e. The molecule has 0 saturated carbocycles. The van der Waals surface area contributed by atoms with E-state index in [0.717, 1.165) is 26.1 Å². The number of nitrogens with zero attached hydrogens (tertiary/aromatic N) is 1. The van der Waals surface area contributed by atoms with E-state index in [9.17, 15) is 5.11 Å². The van der Waals surface area contributed by atoms with Gasteiger partial charge in [-0.3, -0.25) is 0 Å². The SMILES string of the molecule is CC(C)(C)CN1CCC(C)(CO)C1. The van der Waals surface area contributed by atoms with Gasteiger partial charge in [0.15, 0.2) is 0 Å². The third kappa shape index (κ3) is 3.28. The van der Waals surface area contributed by atoms with Crippen molar-refractivity contribution in [3.8, 4) is 0 Å². The summed E-state index contributed by atoms with van der Waals surface area (Å²) in [5.41, 5.74) is 0.534. The van der Waals surface area contributed by atoms with E-state index in [1.54, 1.807) is 0 Å². The zero-order valence-corrected chi connectivity index (χ0v) is 9.43. The molecule has 0 spiro atoms. The number of aliphatic hydroxyl groups excluding tert-OH is 1. The molecule has 1 unspecified atom stereocenters. The fraction of sp³-hybridized carbons (Fsp3) is 1.00. The van der Waals surface area contributed by atoms with E-state index in [4.69, 9.17) is 0 Å². The first kappa shape index (κ1) is 11.0. The van der Waals surface area contributed by atoms with Crippen molar-refractivity contribution in [1.29, 1.82) is 0 Å². The first-order valence-electron chi connectivity index (χ1n) is 5.18. The maximum absolute atomic E-state index is 9.21. The highest BCUT2D eigenvalue weighted by molar-refractivity contribution is 4.87. The van der Waals surface area contributed by atoms with Gasteiger partial charge in [0.05, 0.1) is 0 Å². The van der Waals surface area contributed by atoms with Crippen LogP contribution in [0.3, 0.4) is 0 Å². The zero-order valence-electron chi connectivity index (χ0n) is 9.43. The average molecular weight is 185 g/mol. The van der Waals surface area contributed by atoms with E-state index < -0.39 is 0 Å². The third-order valence-electron chi connectivity index (χ3n) is 2.72. The molecular formula is C11H23NO. The van der Waals surface area contributed by atoms with Crippen LogP contribution in [0.5, 0.6) is 0 Å². The van der Waals surface area contributed by atoms with Crippen LogP contribution in [0.15, 0.2) is 0 Å². The lowest BCUT2D eigenvalue weighted by Crippen LogP contribution is -2.33. The quantitative estimate of drug-likeness (QED) is 0.708. The molecule has 0 aromatic heterocycles. The Morgan fingerprint density at radius 2 is 2.00 bits per heavy atom. The van der Waals surface area contributed by atoms with Gasteiger partial charge in [0.25, 0.3) is 0 Å². The number of aliphatic hydroxyl groups is 1. The minimum absolute atomic E-state index is 0.158. The summed E-state index contributed by atoms with van der Waals surface area (Å²) in [5, 5.41) is 9.21. The van der Waals surface area contributed by atoms with Crippen molar-refractivity contribution in [1.82, 2.24) is 4.90 Å². The number of hydrogen-bond acceptors (Lipinski definition) is 2. The molecular weight excluding hydrogens is 162 g/mol. The van der Waals surface area contributed by atoms with E-state index in [1.807, 2.05) is 0 Å². The summed E-state index contributed by atoms with van der Waals surface area (Å²) in [7, 11) is 0. The molecule has 0 aromatic rings. The minimum atomic E-state index is 0.158. The summed E-state index contributed by atoms with van der Waals surface area (Å²) < 4.78 is 0. The molecule has 1 saturated heterocycles. The van der Waals surface area contributed by atoms with E-state index in [-0.39, 0.29) is 5.41 Å². The highest BCUT2D eigenvalue weighted by Gasteiger charge is 2.34. The number of hydrogen-bond donors (Lipinski definition) is 1. The average Bonchev–Trinajstić information content (AvgIpc) is 2.30. The van der Waals surface area contributed by atoms with Gasteiger partial charge in [0.1, 0.15) is 0 Å². The lowest BCUT2D eigenvalue weighted by Gasteiger charge is -2.28. The topological polar surface area (TPSA) is 23.5 Å². The van der Waals surface area contributed by atoms with Crippen molar-refractivity contribution < 1.29 is 5.11 Å². The lowest BCUT2D eigenvalue weighted by atomic mass is 9.91. The minimum Gasteiger partial charge on any atom is -0.396 e. The van der Waals surface area contributed by atoms with Crippen LogP contribution in [0, 0.1) is 10.8 Å².